The van der Waals surface area contributed by atoms with E-state index in [0.717, 1.165) is 5.56 Å². The van der Waals surface area contributed by atoms with Crippen molar-refractivity contribution in [2.75, 3.05) is 12.4 Å². The van der Waals surface area contributed by atoms with Gasteiger partial charge in [0.15, 0.2) is 5.11 Å². The number of thiocarbonyl (C=S) groups is 1. The molecule has 0 aliphatic rings. The van der Waals surface area contributed by atoms with Gasteiger partial charge in [-0.25, -0.2) is 4.79 Å². The highest BCUT2D eigenvalue weighted by molar-refractivity contribution is 7.80. The van der Waals surface area contributed by atoms with Gasteiger partial charge in [-0.2, -0.15) is 0 Å². The number of aryl methyl sites for hydroxylation is 1. The van der Waals surface area contributed by atoms with Gasteiger partial charge in [0, 0.05) is 10.6 Å². The topological polar surface area (TPSA) is 87.7 Å². The lowest BCUT2D eigenvalue weighted by Crippen LogP contribution is -2.34. The first kappa shape index (κ1) is 18.7. The van der Waals surface area contributed by atoms with Crippen LogP contribution in [-0.2, 0) is 0 Å². The average molecular weight is 379 g/mol. The Hall–Kier alpha value is -2.64. The molecule has 0 aliphatic carbocycles. The molecule has 25 heavy (non-hydrogen) atoms. The van der Waals surface area contributed by atoms with Gasteiger partial charge in [-0.05, 0) is 55.0 Å². The lowest BCUT2D eigenvalue weighted by molar-refractivity contribution is 0.0696. The highest BCUT2D eigenvalue weighted by atomic mass is 35.5. The van der Waals surface area contributed by atoms with Crippen LogP contribution in [0.1, 0.15) is 26.3 Å². The molecule has 0 heterocycles. The molecular weight excluding hydrogens is 364 g/mol. The zero-order valence-corrected chi connectivity index (χ0v) is 15.0. The van der Waals surface area contributed by atoms with Crippen LogP contribution in [0.3, 0.4) is 0 Å². The zero-order chi connectivity index (χ0) is 18.6. The molecule has 0 atom stereocenters. The molecule has 2 rings (SSSR count). The van der Waals surface area contributed by atoms with Crippen molar-refractivity contribution in [3.8, 4) is 5.75 Å². The fraction of sp³-hybridized carbons (Fsp3) is 0.118. The van der Waals surface area contributed by atoms with E-state index in [-0.39, 0.29) is 10.7 Å². The molecule has 0 fully saturated rings. The maximum absolute atomic E-state index is 12.2. The van der Waals surface area contributed by atoms with E-state index in [1.54, 1.807) is 18.2 Å². The van der Waals surface area contributed by atoms with Crippen molar-refractivity contribution in [3.05, 3.63) is 58.1 Å². The highest BCUT2D eigenvalue weighted by Gasteiger charge is 2.13. The number of hydrogen-bond acceptors (Lipinski definition) is 4. The summed E-state index contributed by atoms with van der Waals surface area (Å²) in [4.78, 5) is 23.3. The Kier molecular flexibility index (Phi) is 5.95. The SMILES string of the molecule is COc1ccc(C(=O)O)cc1NC(=S)NC(=O)c1ccc(C)c(Cl)c1. The van der Waals surface area contributed by atoms with Crippen LogP contribution in [0, 0.1) is 6.92 Å². The zero-order valence-electron chi connectivity index (χ0n) is 13.4. The van der Waals surface area contributed by atoms with Crippen LogP contribution in [-0.4, -0.2) is 29.2 Å². The minimum atomic E-state index is -1.09. The Labute approximate surface area is 154 Å². The summed E-state index contributed by atoms with van der Waals surface area (Å²) in [5.74, 6) is -1.14. The van der Waals surface area contributed by atoms with Crippen molar-refractivity contribution in [1.82, 2.24) is 5.32 Å². The van der Waals surface area contributed by atoms with Gasteiger partial charge in [0.1, 0.15) is 5.75 Å². The number of carbonyl (C=O) groups excluding carboxylic acids is 1. The van der Waals surface area contributed by atoms with E-state index >= 15 is 0 Å². The number of nitrogens with one attached hydrogen (secondary N) is 2. The summed E-state index contributed by atoms with van der Waals surface area (Å²) in [5, 5.41) is 14.8. The number of carboxylic acids is 1. The first-order valence-corrected chi connectivity index (χ1v) is 7.90. The summed E-state index contributed by atoms with van der Waals surface area (Å²) >= 11 is 11.1. The van der Waals surface area contributed by atoms with E-state index in [0.29, 0.717) is 22.0 Å². The van der Waals surface area contributed by atoms with Gasteiger partial charge in [-0.15, -0.1) is 0 Å². The minimum Gasteiger partial charge on any atom is -0.495 e. The number of anilines is 1. The van der Waals surface area contributed by atoms with E-state index in [1.165, 1.54) is 25.3 Å². The van der Waals surface area contributed by atoms with E-state index in [2.05, 4.69) is 10.6 Å². The average Bonchev–Trinajstić information content (AvgIpc) is 2.56. The molecule has 130 valence electrons. The van der Waals surface area contributed by atoms with Crippen LogP contribution >= 0.6 is 23.8 Å². The molecule has 0 bridgehead atoms. The van der Waals surface area contributed by atoms with Gasteiger partial charge in [0.25, 0.3) is 5.91 Å². The third kappa shape index (κ3) is 4.68. The van der Waals surface area contributed by atoms with Crippen LogP contribution in [0.5, 0.6) is 5.75 Å². The molecule has 0 saturated carbocycles. The van der Waals surface area contributed by atoms with Crippen LogP contribution < -0.4 is 15.4 Å². The van der Waals surface area contributed by atoms with Crippen LogP contribution in [0.2, 0.25) is 5.02 Å². The lowest BCUT2D eigenvalue weighted by atomic mass is 10.1. The molecular formula is C17H15ClN2O4S. The lowest BCUT2D eigenvalue weighted by Gasteiger charge is -2.13. The molecule has 2 aromatic carbocycles. The van der Waals surface area contributed by atoms with E-state index < -0.39 is 11.9 Å². The summed E-state index contributed by atoms with van der Waals surface area (Å²) in [6.45, 7) is 1.83. The van der Waals surface area contributed by atoms with Gasteiger partial charge < -0.3 is 15.2 Å². The third-order valence-corrected chi connectivity index (χ3v) is 3.97. The molecule has 0 spiro atoms. The number of carboxylic acid groups (broad SMARTS) is 1. The maximum atomic E-state index is 12.2. The molecule has 0 aromatic heterocycles. The monoisotopic (exact) mass is 378 g/mol. The summed E-state index contributed by atoms with van der Waals surface area (Å²) in [6, 6.07) is 9.17. The van der Waals surface area contributed by atoms with Crippen LogP contribution in [0.4, 0.5) is 5.69 Å². The smallest absolute Gasteiger partial charge is 0.335 e. The second-order valence-electron chi connectivity index (χ2n) is 5.09. The number of benzene rings is 2. The summed E-state index contributed by atoms with van der Waals surface area (Å²) in [6.07, 6.45) is 0. The van der Waals surface area contributed by atoms with Crippen molar-refractivity contribution < 1.29 is 19.4 Å². The molecule has 0 unspecified atom stereocenters. The van der Waals surface area contributed by atoms with Gasteiger partial charge in [0.2, 0.25) is 0 Å². The number of rotatable bonds is 4. The molecule has 0 radical (unpaired) electrons. The Morgan fingerprint density at radius 1 is 1.16 bits per heavy atom. The molecule has 3 N–H and O–H groups in total. The molecule has 0 saturated heterocycles. The Morgan fingerprint density at radius 2 is 1.84 bits per heavy atom. The molecule has 8 heteroatoms. The Morgan fingerprint density at radius 3 is 2.44 bits per heavy atom. The number of amides is 1. The fourth-order valence-electron chi connectivity index (χ4n) is 2.00. The van der Waals surface area contributed by atoms with Crippen molar-refractivity contribution in [1.29, 1.82) is 0 Å². The highest BCUT2D eigenvalue weighted by Crippen LogP contribution is 2.25. The number of hydrogen-bond donors (Lipinski definition) is 3. The summed E-state index contributed by atoms with van der Waals surface area (Å²) in [5.41, 5.74) is 1.59. The Balaban J connectivity index is 2.14. The second-order valence-corrected chi connectivity index (χ2v) is 5.91. The fourth-order valence-corrected chi connectivity index (χ4v) is 2.38. The van der Waals surface area contributed by atoms with E-state index in [1.807, 2.05) is 6.92 Å². The third-order valence-electron chi connectivity index (χ3n) is 3.36. The van der Waals surface area contributed by atoms with Crippen LogP contribution in [0.25, 0.3) is 0 Å². The van der Waals surface area contributed by atoms with Gasteiger partial charge >= 0.3 is 5.97 Å². The maximum Gasteiger partial charge on any atom is 0.335 e. The van der Waals surface area contributed by atoms with E-state index in [9.17, 15) is 9.59 Å². The largest absolute Gasteiger partial charge is 0.495 e. The molecule has 0 aliphatic heterocycles. The number of methoxy groups -OCH3 is 1. The summed E-state index contributed by atoms with van der Waals surface area (Å²) < 4.78 is 5.15. The first-order valence-electron chi connectivity index (χ1n) is 7.11. The van der Waals surface area contributed by atoms with Gasteiger partial charge in [-0.3, -0.25) is 10.1 Å². The summed E-state index contributed by atoms with van der Waals surface area (Å²) in [7, 11) is 1.44. The van der Waals surface area contributed by atoms with Crippen molar-refractivity contribution in [2.24, 2.45) is 0 Å². The number of aromatic carboxylic acids is 1. The predicted octanol–water partition coefficient (Wildman–Crippen LogP) is 3.48. The van der Waals surface area contributed by atoms with Gasteiger partial charge in [0.05, 0.1) is 18.4 Å². The number of halogens is 1. The quantitative estimate of drug-likeness (QED) is 0.706. The molecule has 6 nitrogen and oxygen atoms in total. The second kappa shape index (κ2) is 7.96. The predicted molar refractivity (Wildman–Crippen MR) is 99.8 cm³/mol. The minimum absolute atomic E-state index is 0.00235. The first-order chi connectivity index (χ1) is 11.8. The Bertz CT molecular complexity index is 855. The number of ether oxygens (including phenoxy) is 1. The van der Waals surface area contributed by atoms with Crippen LogP contribution in [0.15, 0.2) is 36.4 Å². The van der Waals surface area contributed by atoms with Crippen molar-refractivity contribution >= 4 is 46.5 Å². The number of carbonyl (C=O) groups is 2. The van der Waals surface area contributed by atoms with Gasteiger partial charge in [-0.1, -0.05) is 17.7 Å². The van der Waals surface area contributed by atoms with E-state index in [4.69, 9.17) is 33.7 Å². The molecule has 2 aromatic rings. The molecule has 1 amide bonds. The normalized spacial score (nSPS) is 10.0. The van der Waals surface area contributed by atoms with Crippen molar-refractivity contribution in [2.45, 2.75) is 6.92 Å². The standard InChI is InChI=1S/C17H15ClN2O4S/c1-9-3-4-10(7-12(9)18)15(21)20-17(25)19-13-8-11(16(22)23)5-6-14(13)24-2/h3-8H,1-2H3,(H,22,23)(H2,19,20,21,25). The van der Waals surface area contributed by atoms with Crippen molar-refractivity contribution in [3.63, 3.8) is 0 Å².